The van der Waals surface area contributed by atoms with Gasteiger partial charge in [-0.25, -0.2) is 0 Å². The molecule has 0 aliphatic carbocycles. The van der Waals surface area contributed by atoms with Crippen molar-refractivity contribution in [1.82, 2.24) is 5.32 Å². The van der Waals surface area contributed by atoms with Gasteiger partial charge in [0.2, 0.25) is 0 Å². The van der Waals surface area contributed by atoms with Crippen LogP contribution in [0, 0.1) is 32.1 Å². The Bertz CT molecular complexity index is 493. The number of nitrogens with one attached hydrogen (secondary N) is 1. The van der Waals surface area contributed by atoms with Crippen molar-refractivity contribution in [2.75, 3.05) is 6.61 Å². The number of benzene rings is 1. The van der Waals surface area contributed by atoms with Gasteiger partial charge in [-0.2, -0.15) is 5.26 Å². The van der Waals surface area contributed by atoms with Crippen LogP contribution < -0.4 is 10.1 Å². The lowest BCUT2D eigenvalue weighted by atomic mass is 9.97. The number of hydrogen-bond acceptors (Lipinski definition) is 3. The van der Waals surface area contributed by atoms with Gasteiger partial charge >= 0.3 is 0 Å². The van der Waals surface area contributed by atoms with Crippen LogP contribution in [-0.4, -0.2) is 18.2 Å². The van der Waals surface area contributed by atoms with Crippen LogP contribution in [0.4, 0.5) is 0 Å². The van der Waals surface area contributed by atoms with Gasteiger partial charge in [0.1, 0.15) is 11.3 Å². The largest absolute Gasteiger partial charge is 0.493 e. The minimum Gasteiger partial charge on any atom is -0.493 e. The molecule has 0 aliphatic rings. The highest BCUT2D eigenvalue weighted by Gasteiger charge is 2.23. The van der Waals surface area contributed by atoms with Gasteiger partial charge in [0.05, 0.1) is 12.7 Å². The van der Waals surface area contributed by atoms with Crippen LogP contribution in [0.2, 0.25) is 0 Å². The van der Waals surface area contributed by atoms with Crippen LogP contribution in [0.15, 0.2) is 12.1 Å². The molecule has 3 heteroatoms. The molecule has 1 aromatic rings. The van der Waals surface area contributed by atoms with Gasteiger partial charge in [-0.15, -0.1) is 0 Å². The van der Waals surface area contributed by atoms with E-state index in [0.717, 1.165) is 18.6 Å². The Balaban J connectivity index is 2.53. The SMILES string of the molecule is Cc1cc(C)c(OCCCC(C)(C#N)NC(C)C)c(C)c1. The number of nitriles is 1. The predicted molar refractivity (Wildman–Crippen MR) is 87.7 cm³/mol. The topological polar surface area (TPSA) is 45.0 Å². The van der Waals surface area contributed by atoms with E-state index < -0.39 is 5.54 Å². The molecule has 116 valence electrons. The second-order valence-corrected chi connectivity index (χ2v) is 6.42. The highest BCUT2D eigenvalue weighted by atomic mass is 16.5. The molecule has 0 spiro atoms. The molecule has 0 saturated heterocycles. The van der Waals surface area contributed by atoms with Crippen LogP contribution in [0.5, 0.6) is 5.75 Å². The Labute approximate surface area is 129 Å². The lowest BCUT2D eigenvalue weighted by molar-refractivity contribution is 0.277. The monoisotopic (exact) mass is 288 g/mol. The highest BCUT2D eigenvalue weighted by Crippen LogP contribution is 2.25. The maximum absolute atomic E-state index is 9.32. The summed E-state index contributed by atoms with van der Waals surface area (Å²) in [6, 6.07) is 6.96. The van der Waals surface area contributed by atoms with Crippen molar-refractivity contribution < 1.29 is 4.74 Å². The number of rotatable bonds is 7. The average Bonchev–Trinajstić information content (AvgIpc) is 2.35. The number of aryl methyl sites for hydroxylation is 3. The molecule has 1 N–H and O–H groups in total. The number of ether oxygens (including phenoxy) is 1. The van der Waals surface area contributed by atoms with E-state index in [4.69, 9.17) is 4.74 Å². The van der Waals surface area contributed by atoms with Crippen molar-refractivity contribution in [2.24, 2.45) is 0 Å². The van der Waals surface area contributed by atoms with E-state index in [2.05, 4.69) is 58.1 Å². The molecule has 1 atom stereocenters. The predicted octanol–water partition coefficient (Wildman–Crippen LogP) is 4.05. The Morgan fingerprint density at radius 1 is 1.24 bits per heavy atom. The van der Waals surface area contributed by atoms with Gasteiger partial charge in [0.25, 0.3) is 0 Å². The van der Waals surface area contributed by atoms with Crippen molar-refractivity contribution in [3.8, 4) is 11.8 Å². The van der Waals surface area contributed by atoms with Gasteiger partial charge in [-0.3, -0.25) is 5.32 Å². The molecule has 0 heterocycles. The second-order valence-electron chi connectivity index (χ2n) is 6.42. The van der Waals surface area contributed by atoms with Gasteiger partial charge in [0.15, 0.2) is 0 Å². The lowest BCUT2D eigenvalue weighted by Gasteiger charge is -2.26. The molecule has 0 aromatic heterocycles. The summed E-state index contributed by atoms with van der Waals surface area (Å²) in [7, 11) is 0. The summed E-state index contributed by atoms with van der Waals surface area (Å²) in [6.07, 6.45) is 1.64. The van der Waals surface area contributed by atoms with E-state index in [1.165, 1.54) is 16.7 Å². The molecular weight excluding hydrogens is 260 g/mol. The third-order valence-corrected chi connectivity index (χ3v) is 3.53. The smallest absolute Gasteiger partial charge is 0.125 e. The van der Waals surface area contributed by atoms with Crippen molar-refractivity contribution >= 4 is 0 Å². The molecule has 0 fully saturated rings. The zero-order valence-corrected chi connectivity index (χ0v) is 14.2. The molecule has 0 bridgehead atoms. The van der Waals surface area contributed by atoms with Gasteiger partial charge in [0, 0.05) is 6.04 Å². The molecule has 1 rings (SSSR count). The minimum atomic E-state index is -0.477. The fourth-order valence-corrected chi connectivity index (χ4v) is 2.79. The van der Waals surface area contributed by atoms with E-state index in [1.54, 1.807) is 0 Å². The minimum absolute atomic E-state index is 0.303. The van der Waals surface area contributed by atoms with E-state index >= 15 is 0 Å². The summed E-state index contributed by atoms with van der Waals surface area (Å²) >= 11 is 0. The summed E-state index contributed by atoms with van der Waals surface area (Å²) in [5.74, 6) is 0.982. The first-order valence-electron chi connectivity index (χ1n) is 7.67. The molecular formula is C18H28N2O. The maximum atomic E-state index is 9.32. The molecule has 1 aromatic carbocycles. The van der Waals surface area contributed by atoms with Crippen LogP contribution in [-0.2, 0) is 0 Å². The fraction of sp³-hybridized carbons (Fsp3) is 0.611. The van der Waals surface area contributed by atoms with Crippen LogP contribution >= 0.6 is 0 Å². The molecule has 0 aliphatic heterocycles. The molecule has 1 unspecified atom stereocenters. The first-order valence-corrected chi connectivity index (χ1v) is 7.67. The van der Waals surface area contributed by atoms with Gasteiger partial charge in [-0.05, 0) is 65.5 Å². The first kappa shape index (κ1) is 17.5. The zero-order chi connectivity index (χ0) is 16.0. The third-order valence-electron chi connectivity index (χ3n) is 3.53. The Morgan fingerprint density at radius 2 is 1.81 bits per heavy atom. The van der Waals surface area contributed by atoms with E-state index in [9.17, 15) is 5.26 Å². The molecule has 21 heavy (non-hydrogen) atoms. The Morgan fingerprint density at radius 3 is 2.29 bits per heavy atom. The number of nitrogens with zero attached hydrogens (tertiary/aromatic N) is 1. The van der Waals surface area contributed by atoms with E-state index in [-0.39, 0.29) is 0 Å². The van der Waals surface area contributed by atoms with Crippen molar-refractivity contribution in [1.29, 1.82) is 5.26 Å². The fourth-order valence-electron chi connectivity index (χ4n) is 2.79. The van der Waals surface area contributed by atoms with Crippen molar-refractivity contribution in [3.05, 3.63) is 28.8 Å². The average molecular weight is 288 g/mol. The summed E-state index contributed by atoms with van der Waals surface area (Å²) in [5.41, 5.74) is 3.14. The van der Waals surface area contributed by atoms with Crippen LogP contribution in [0.1, 0.15) is 50.3 Å². The standard InChI is InChI=1S/C18H28N2O/c1-13(2)20-18(6,12-19)8-7-9-21-17-15(4)10-14(3)11-16(17)5/h10-11,13,20H,7-9H2,1-6H3. The van der Waals surface area contributed by atoms with Gasteiger partial charge in [-0.1, -0.05) is 17.7 Å². The summed E-state index contributed by atoms with van der Waals surface area (Å²) in [6.45, 7) is 13.0. The quantitative estimate of drug-likeness (QED) is 0.770. The Hall–Kier alpha value is -1.53. The molecule has 3 nitrogen and oxygen atoms in total. The van der Waals surface area contributed by atoms with E-state index in [1.807, 2.05) is 6.92 Å². The maximum Gasteiger partial charge on any atom is 0.125 e. The second kappa shape index (κ2) is 7.47. The lowest BCUT2D eigenvalue weighted by Crippen LogP contribution is -2.45. The molecule has 0 saturated carbocycles. The number of hydrogen-bond donors (Lipinski definition) is 1. The Kier molecular flexibility index (Phi) is 6.23. The summed E-state index contributed by atoms with van der Waals surface area (Å²) < 4.78 is 5.93. The third kappa shape index (κ3) is 5.40. The summed E-state index contributed by atoms with van der Waals surface area (Å²) in [4.78, 5) is 0. The van der Waals surface area contributed by atoms with Crippen molar-refractivity contribution in [3.63, 3.8) is 0 Å². The molecule has 0 radical (unpaired) electrons. The van der Waals surface area contributed by atoms with Crippen LogP contribution in [0.3, 0.4) is 0 Å². The molecule has 0 amide bonds. The van der Waals surface area contributed by atoms with E-state index in [0.29, 0.717) is 12.6 Å². The van der Waals surface area contributed by atoms with Crippen molar-refractivity contribution in [2.45, 2.75) is 66.0 Å². The first-order chi connectivity index (χ1) is 9.77. The summed E-state index contributed by atoms with van der Waals surface area (Å²) in [5, 5.41) is 12.6. The normalized spacial score (nSPS) is 13.8. The highest BCUT2D eigenvalue weighted by molar-refractivity contribution is 5.42. The van der Waals surface area contributed by atoms with Gasteiger partial charge < -0.3 is 4.74 Å². The van der Waals surface area contributed by atoms with Crippen LogP contribution in [0.25, 0.3) is 0 Å². The zero-order valence-electron chi connectivity index (χ0n) is 14.2.